The molecule has 0 fully saturated rings. The van der Waals surface area contributed by atoms with Crippen molar-refractivity contribution in [1.82, 2.24) is 0 Å². The van der Waals surface area contributed by atoms with Gasteiger partial charge in [-0.05, 0) is 0 Å². The summed E-state index contributed by atoms with van der Waals surface area (Å²) in [6.07, 6.45) is 22.5. The number of halogens is 1. The van der Waals surface area contributed by atoms with Gasteiger partial charge in [0, 0.05) is 0 Å². The minimum absolute atomic E-state index is 1.07. The van der Waals surface area contributed by atoms with E-state index < -0.39 is 12.9 Å². The molecule has 0 nitrogen and oxygen atoms in total. The molecular weight excluding hydrogens is 511 g/mol. The molecule has 0 saturated heterocycles. The Labute approximate surface area is 129 Å². The Morgan fingerprint density at radius 2 is 1.11 bits per heavy atom. The van der Waals surface area contributed by atoms with Crippen molar-refractivity contribution in [3.05, 3.63) is 20.3 Å². The Morgan fingerprint density at radius 3 is 1.61 bits per heavy atom. The topological polar surface area (TPSA) is 0 Å². The van der Waals surface area contributed by atoms with Crippen molar-refractivity contribution in [2.24, 2.45) is 0 Å². The Hall–Kier alpha value is 0.859. The zero-order valence-electron chi connectivity index (χ0n) is 11.4. The van der Waals surface area contributed by atoms with E-state index in [2.05, 4.69) is 31.7 Å². The molecule has 2 aliphatic rings. The summed E-state index contributed by atoms with van der Waals surface area (Å²) in [7, 11) is 0. The van der Waals surface area contributed by atoms with Crippen molar-refractivity contribution in [2.45, 2.75) is 77.0 Å². The number of rotatable bonds is 2. The third-order valence-corrected chi connectivity index (χ3v) is 16.2. The molecule has 0 N–H and O–H groups in total. The molecule has 0 amide bonds. The third kappa shape index (κ3) is 5.09. The molecule has 106 valence electrons. The van der Waals surface area contributed by atoms with Crippen LogP contribution in [-0.2, 0) is 12.9 Å². The van der Waals surface area contributed by atoms with Crippen LogP contribution in [0.4, 0.5) is 0 Å². The average molecular weight is 538 g/mol. The second kappa shape index (κ2) is 8.92. The van der Waals surface area contributed by atoms with Gasteiger partial charge in [-0.2, -0.15) is 0 Å². The Balaban J connectivity index is 2.00. The summed E-state index contributed by atoms with van der Waals surface area (Å²) in [6, 6.07) is 0. The number of allylic oxidation sites excluding steroid dienone is 4. The van der Waals surface area contributed by atoms with E-state index in [1.54, 1.807) is 0 Å². The molecule has 0 unspecified atom stereocenters. The van der Waals surface area contributed by atoms with Crippen LogP contribution < -0.4 is 0 Å². The first-order valence-corrected chi connectivity index (χ1v) is 16.7. The molecule has 2 heteroatoms. The van der Waals surface area contributed by atoms with Crippen LogP contribution in [0.5, 0.6) is 0 Å². The third-order valence-electron chi connectivity index (χ3n) is 3.81. The van der Waals surface area contributed by atoms with E-state index in [0.29, 0.717) is 0 Å². The van der Waals surface area contributed by atoms with Crippen LogP contribution in [0.1, 0.15) is 77.0 Å². The quantitative estimate of drug-likeness (QED) is 0.356. The molecule has 0 atom stereocenters. The van der Waals surface area contributed by atoms with E-state index in [1.807, 2.05) is 8.17 Å². The maximum absolute atomic E-state index is 2.87. The molecule has 0 aromatic rings. The van der Waals surface area contributed by atoms with Crippen molar-refractivity contribution in [3.63, 3.8) is 0 Å². The van der Waals surface area contributed by atoms with Gasteiger partial charge in [0.2, 0.25) is 0 Å². The second-order valence-electron chi connectivity index (χ2n) is 5.36. The molecule has 0 saturated carbocycles. The van der Waals surface area contributed by atoms with E-state index in [-0.39, 0.29) is 0 Å². The van der Waals surface area contributed by atoms with Gasteiger partial charge >= 0.3 is 130 Å². The van der Waals surface area contributed by atoms with Gasteiger partial charge in [-0.3, -0.25) is 0 Å². The van der Waals surface area contributed by atoms with Crippen LogP contribution in [0.25, 0.3) is 0 Å². The summed E-state index contributed by atoms with van der Waals surface area (Å²) in [5, 5.41) is 0. The van der Waals surface area contributed by atoms with Crippen LogP contribution in [0.15, 0.2) is 20.3 Å². The molecule has 18 heavy (non-hydrogen) atoms. The Morgan fingerprint density at radius 1 is 0.667 bits per heavy atom. The summed E-state index contributed by atoms with van der Waals surface area (Å²) in [5.74, 6) is 0. The second-order valence-corrected chi connectivity index (χ2v) is 15.8. The van der Waals surface area contributed by atoms with E-state index in [0.717, 1.165) is 0 Å². The van der Waals surface area contributed by atoms with Crippen molar-refractivity contribution < 1.29 is 12.9 Å². The van der Waals surface area contributed by atoms with Gasteiger partial charge in [0.15, 0.2) is 0 Å². The summed E-state index contributed by atoms with van der Waals surface area (Å²) in [5.41, 5.74) is 0. The van der Waals surface area contributed by atoms with Crippen molar-refractivity contribution in [3.8, 4) is 0 Å². The van der Waals surface area contributed by atoms with Gasteiger partial charge in [0.1, 0.15) is 0 Å². The van der Waals surface area contributed by atoms with Crippen molar-refractivity contribution >= 4 is 19.6 Å². The van der Waals surface area contributed by atoms with Gasteiger partial charge in [-0.15, -0.1) is 0 Å². The summed E-state index contributed by atoms with van der Waals surface area (Å²) in [4.78, 5) is 0. The Bertz CT molecular complexity index is 276. The number of hydrogen-bond donors (Lipinski definition) is 0. The molecule has 2 aliphatic carbocycles. The molecule has 0 aromatic heterocycles. The summed E-state index contributed by atoms with van der Waals surface area (Å²) >= 11 is 1.80. The summed E-state index contributed by atoms with van der Waals surface area (Å²) in [6.45, 7) is 0. The fraction of sp³-hybridized carbons (Fsp3) is 0.750. The predicted octanol–water partition coefficient (Wildman–Crippen LogP) is 6.43. The predicted molar refractivity (Wildman–Crippen MR) is 85.6 cm³/mol. The first kappa shape index (κ1) is 15.3. The molecule has 0 spiro atoms. The van der Waals surface area contributed by atoms with Crippen LogP contribution >= 0.6 is 19.6 Å². The normalized spacial score (nSPS) is 23.9. The van der Waals surface area contributed by atoms with Gasteiger partial charge in [0.25, 0.3) is 0 Å². The van der Waals surface area contributed by atoms with Crippen LogP contribution in [0, 0.1) is 0 Å². The molecule has 0 bridgehead atoms. The van der Waals surface area contributed by atoms with Gasteiger partial charge in [-0.25, -0.2) is 0 Å². The van der Waals surface area contributed by atoms with Gasteiger partial charge < -0.3 is 0 Å². The van der Waals surface area contributed by atoms with E-state index >= 15 is 0 Å². The first-order chi connectivity index (χ1) is 8.88. The first-order valence-electron chi connectivity index (χ1n) is 7.56. The molecule has 0 heterocycles. The standard InChI is InChI=1S/2C8H13.HI.Ir/c2*1-2-4-6-8-7-5-3-1;;/h2*1H,2,4-8H2;1H;/q;;;+1/p-1. The van der Waals surface area contributed by atoms with E-state index in [9.17, 15) is 0 Å². The fourth-order valence-corrected chi connectivity index (χ4v) is 12.5. The van der Waals surface area contributed by atoms with Crippen LogP contribution in [0.3, 0.4) is 0 Å². The molecule has 0 radical (unpaired) electrons. The monoisotopic (exact) mass is 538 g/mol. The zero-order chi connectivity index (χ0) is 12.6. The fourth-order valence-electron chi connectivity index (χ4n) is 2.68. The number of hydrogen-bond acceptors (Lipinski definition) is 0. The molecule has 0 aliphatic heterocycles. The Kier molecular flexibility index (Phi) is 7.56. The van der Waals surface area contributed by atoms with Crippen LogP contribution in [0.2, 0.25) is 0 Å². The molecule has 0 aromatic carbocycles. The maximum atomic E-state index is 2.87. The minimum atomic E-state index is -1.07. The molecule has 2 rings (SSSR count). The SMILES string of the molecule is [I][Ir]([C]1=CCCCCCC1)[C]1=CCCCCCC1. The van der Waals surface area contributed by atoms with Crippen LogP contribution in [-0.4, -0.2) is 0 Å². The van der Waals surface area contributed by atoms with Gasteiger partial charge in [-0.1, -0.05) is 0 Å². The average Bonchev–Trinajstić information content (AvgIpc) is 2.27. The van der Waals surface area contributed by atoms with Crippen molar-refractivity contribution in [1.29, 1.82) is 0 Å². The van der Waals surface area contributed by atoms with E-state index in [1.165, 1.54) is 77.0 Å². The molecular formula is C16H26IIr. The van der Waals surface area contributed by atoms with Crippen molar-refractivity contribution in [2.75, 3.05) is 0 Å². The van der Waals surface area contributed by atoms with E-state index in [4.69, 9.17) is 0 Å². The van der Waals surface area contributed by atoms with Gasteiger partial charge in [0.05, 0.1) is 0 Å². The zero-order valence-corrected chi connectivity index (χ0v) is 15.9. The summed E-state index contributed by atoms with van der Waals surface area (Å²) < 4.78 is 3.81.